The predicted molar refractivity (Wildman–Crippen MR) is 131 cm³/mol. The quantitative estimate of drug-likeness (QED) is 0.436. The summed E-state index contributed by atoms with van der Waals surface area (Å²) in [5.74, 6) is 0.608. The molecule has 1 unspecified atom stereocenters. The molecule has 1 aromatic heterocycles. The van der Waals surface area contributed by atoms with Crippen LogP contribution in [0.4, 0.5) is 0 Å². The zero-order chi connectivity index (χ0) is 23.3. The van der Waals surface area contributed by atoms with Crippen molar-refractivity contribution in [1.29, 1.82) is 0 Å². The summed E-state index contributed by atoms with van der Waals surface area (Å²) in [6.07, 6.45) is 3.52. The van der Waals surface area contributed by atoms with Crippen molar-refractivity contribution < 1.29 is 4.79 Å². The molecule has 0 fully saturated rings. The molecule has 1 atom stereocenters. The number of rotatable bonds is 9. The fourth-order valence-electron chi connectivity index (χ4n) is 4.13. The molecule has 0 radical (unpaired) electrons. The van der Waals surface area contributed by atoms with Crippen LogP contribution >= 0.6 is 0 Å². The number of carbonyl (C=O) groups excluding carboxylic acids is 1. The number of fused-ring (bicyclic) bond motifs is 1. The van der Waals surface area contributed by atoms with E-state index in [1.54, 1.807) is 4.57 Å². The number of aryl methyl sites for hydroxylation is 1. The molecule has 3 aromatic rings. The summed E-state index contributed by atoms with van der Waals surface area (Å²) in [5.41, 5.74) is 2.57. The van der Waals surface area contributed by atoms with E-state index in [4.69, 9.17) is 4.98 Å². The molecule has 0 aliphatic rings. The Bertz CT molecular complexity index is 1120. The summed E-state index contributed by atoms with van der Waals surface area (Å²) in [4.78, 5) is 33.8. The predicted octanol–water partition coefficient (Wildman–Crippen LogP) is 5.68. The molecular weight excluding hydrogens is 398 g/mol. The van der Waals surface area contributed by atoms with E-state index in [0.29, 0.717) is 29.7 Å². The fourth-order valence-corrected chi connectivity index (χ4v) is 4.13. The molecule has 0 spiro atoms. The summed E-state index contributed by atoms with van der Waals surface area (Å²) in [7, 11) is 0. The molecule has 1 heterocycles. The van der Waals surface area contributed by atoms with Crippen LogP contribution in [0.5, 0.6) is 0 Å². The number of carbonyl (C=O) groups is 1. The largest absolute Gasteiger partial charge is 0.332 e. The maximum atomic E-state index is 13.7. The van der Waals surface area contributed by atoms with Gasteiger partial charge in [0.15, 0.2) is 0 Å². The Labute approximate surface area is 191 Å². The van der Waals surface area contributed by atoms with E-state index in [1.807, 2.05) is 55.1 Å². The minimum Gasteiger partial charge on any atom is -0.332 e. The van der Waals surface area contributed by atoms with Crippen LogP contribution in [0, 0.1) is 5.92 Å². The van der Waals surface area contributed by atoms with Gasteiger partial charge in [0.25, 0.3) is 5.56 Å². The lowest BCUT2D eigenvalue weighted by atomic mass is 10.1. The van der Waals surface area contributed by atoms with Gasteiger partial charge in [-0.05, 0) is 49.1 Å². The third kappa shape index (κ3) is 4.77. The molecule has 0 aliphatic carbocycles. The van der Waals surface area contributed by atoms with Gasteiger partial charge >= 0.3 is 0 Å². The Morgan fingerprint density at radius 3 is 2.31 bits per heavy atom. The van der Waals surface area contributed by atoms with Gasteiger partial charge in [0, 0.05) is 12.5 Å². The first kappa shape index (κ1) is 23.7. The zero-order valence-electron chi connectivity index (χ0n) is 20.0. The third-order valence-corrected chi connectivity index (χ3v) is 5.99. The highest BCUT2D eigenvalue weighted by atomic mass is 16.2. The lowest BCUT2D eigenvalue weighted by Gasteiger charge is -2.33. The van der Waals surface area contributed by atoms with Crippen LogP contribution in [0.25, 0.3) is 16.6 Å². The highest BCUT2D eigenvalue weighted by molar-refractivity contribution is 5.79. The second kappa shape index (κ2) is 10.6. The average molecular weight is 434 g/mol. The van der Waals surface area contributed by atoms with Gasteiger partial charge in [0.1, 0.15) is 5.82 Å². The summed E-state index contributed by atoms with van der Waals surface area (Å²) in [6.45, 7) is 10.8. The molecule has 0 saturated carbocycles. The van der Waals surface area contributed by atoms with Crippen molar-refractivity contribution in [3.05, 3.63) is 70.3 Å². The minimum atomic E-state index is -0.278. The number of hydrogen-bond donors (Lipinski definition) is 0. The lowest BCUT2D eigenvalue weighted by Crippen LogP contribution is -2.41. The normalized spacial score (nSPS) is 12.3. The number of unbranched alkanes of at least 4 members (excludes halogenated alkanes) is 1. The van der Waals surface area contributed by atoms with E-state index in [1.165, 1.54) is 5.56 Å². The zero-order valence-corrected chi connectivity index (χ0v) is 20.0. The van der Waals surface area contributed by atoms with Crippen molar-refractivity contribution in [1.82, 2.24) is 14.5 Å². The molecule has 32 heavy (non-hydrogen) atoms. The molecular formula is C27H35N3O2. The van der Waals surface area contributed by atoms with E-state index in [0.717, 1.165) is 24.9 Å². The second-order valence-electron chi connectivity index (χ2n) is 8.61. The van der Waals surface area contributed by atoms with Gasteiger partial charge in [0.05, 0.1) is 22.6 Å². The molecule has 1 amide bonds. The molecule has 5 heteroatoms. The Morgan fingerprint density at radius 2 is 1.72 bits per heavy atom. The third-order valence-electron chi connectivity index (χ3n) is 5.99. The van der Waals surface area contributed by atoms with Crippen LogP contribution in [0.15, 0.2) is 53.3 Å². The number of aromatic nitrogens is 2. The standard InChI is InChI=1S/C27H35N3O2/c1-6-9-18-29(26(31)19(4)5)24(8-3)25-28-23-13-11-10-12-22(23)27(32)30(25)21-16-14-20(7-2)15-17-21/h10-17,19,24H,6-9,18H2,1-5H3. The van der Waals surface area contributed by atoms with E-state index >= 15 is 0 Å². The summed E-state index contributed by atoms with van der Waals surface area (Å²) in [6, 6.07) is 15.2. The van der Waals surface area contributed by atoms with Gasteiger partial charge in [-0.3, -0.25) is 14.2 Å². The van der Waals surface area contributed by atoms with Crippen molar-refractivity contribution in [2.75, 3.05) is 6.54 Å². The first-order chi connectivity index (χ1) is 15.4. The molecule has 0 saturated heterocycles. The van der Waals surface area contributed by atoms with Gasteiger partial charge in [-0.15, -0.1) is 0 Å². The van der Waals surface area contributed by atoms with Crippen LogP contribution in [0.3, 0.4) is 0 Å². The van der Waals surface area contributed by atoms with Crippen LogP contribution in [0.2, 0.25) is 0 Å². The van der Waals surface area contributed by atoms with Crippen LogP contribution in [-0.4, -0.2) is 26.9 Å². The second-order valence-corrected chi connectivity index (χ2v) is 8.61. The highest BCUT2D eigenvalue weighted by Crippen LogP contribution is 2.28. The first-order valence-corrected chi connectivity index (χ1v) is 11.8. The Hall–Kier alpha value is -2.95. The average Bonchev–Trinajstić information content (AvgIpc) is 2.81. The minimum absolute atomic E-state index is 0.0965. The number of nitrogens with zero attached hydrogens (tertiary/aromatic N) is 3. The Kier molecular flexibility index (Phi) is 7.84. The molecule has 0 aliphatic heterocycles. The number of para-hydroxylation sites is 1. The monoisotopic (exact) mass is 433 g/mol. The van der Waals surface area contributed by atoms with Crippen molar-refractivity contribution in [3.8, 4) is 5.69 Å². The van der Waals surface area contributed by atoms with Crippen molar-refractivity contribution in [3.63, 3.8) is 0 Å². The van der Waals surface area contributed by atoms with E-state index in [2.05, 4.69) is 32.9 Å². The highest BCUT2D eigenvalue weighted by Gasteiger charge is 2.29. The van der Waals surface area contributed by atoms with Crippen LogP contribution in [-0.2, 0) is 11.2 Å². The van der Waals surface area contributed by atoms with Crippen molar-refractivity contribution in [2.24, 2.45) is 5.92 Å². The molecule has 0 N–H and O–H groups in total. The van der Waals surface area contributed by atoms with Gasteiger partial charge < -0.3 is 4.90 Å². The summed E-state index contributed by atoms with van der Waals surface area (Å²) >= 11 is 0. The maximum Gasteiger partial charge on any atom is 0.266 e. The molecule has 0 bridgehead atoms. The Morgan fingerprint density at radius 1 is 1.03 bits per heavy atom. The van der Waals surface area contributed by atoms with E-state index < -0.39 is 0 Å². The van der Waals surface area contributed by atoms with Crippen LogP contribution in [0.1, 0.15) is 71.3 Å². The number of benzene rings is 2. The number of hydrogen-bond acceptors (Lipinski definition) is 3. The first-order valence-electron chi connectivity index (χ1n) is 11.8. The van der Waals surface area contributed by atoms with Gasteiger partial charge in [-0.25, -0.2) is 4.98 Å². The molecule has 3 rings (SSSR count). The number of amides is 1. The molecule has 170 valence electrons. The van der Waals surface area contributed by atoms with Crippen molar-refractivity contribution in [2.45, 2.75) is 66.3 Å². The fraction of sp³-hybridized carbons (Fsp3) is 0.444. The van der Waals surface area contributed by atoms with Gasteiger partial charge in [0.2, 0.25) is 5.91 Å². The van der Waals surface area contributed by atoms with E-state index in [9.17, 15) is 9.59 Å². The molecule has 2 aromatic carbocycles. The van der Waals surface area contributed by atoms with Gasteiger partial charge in [-0.1, -0.05) is 65.3 Å². The SMILES string of the molecule is CCCCN(C(=O)C(C)C)C(CC)c1nc2ccccc2c(=O)n1-c1ccc(CC)cc1. The van der Waals surface area contributed by atoms with Crippen LogP contribution < -0.4 is 5.56 Å². The summed E-state index contributed by atoms with van der Waals surface area (Å²) in [5, 5.41) is 0.584. The summed E-state index contributed by atoms with van der Waals surface area (Å²) < 4.78 is 1.71. The smallest absolute Gasteiger partial charge is 0.266 e. The molecule has 5 nitrogen and oxygen atoms in total. The maximum absolute atomic E-state index is 13.7. The lowest BCUT2D eigenvalue weighted by molar-refractivity contribution is -0.137. The van der Waals surface area contributed by atoms with Gasteiger partial charge in [-0.2, -0.15) is 0 Å². The topological polar surface area (TPSA) is 55.2 Å². The van der Waals surface area contributed by atoms with Crippen molar-refractivity contribution >= 4 is 16.8 Å². The van der Waals surface area contributed by atoms with E-state index in [-0.39, 0.29) is 23.4 Å². The Balaban J connectivity index is 2.27.